The van der Waals surface area contributed by atoms with Gasteiger partial charge in [0.05, 0.1) is 24.3 Å². The second-order valence-corrected chi connectivity index (χ2v) is 10.0. The molecule has 0 heterocycles. The number of rotatable bonds is 14. The zero-order chi connectivity index (χ0) is 24.3. The zero-order valence-corrected chi connectivity index (χ0v) is 21.9. The second kappa shape index (κ2) is 14.3. The van der Waals surface area contributed by atoms with E-state index in [1.165, 1.54) is 12.8 Å². The van der Waals surface area contributed by atoms with Crippen LogP contribution in [0.5, 0.6) is 0 Å². The van der Waals surface area contributed by atoms with Gasteiger partial charge in [0.15, 0.2) is 0 Å². The van der Waals surface area contributed by atoms with Crippen molar-refractivity contribution in [2.24, 2.45) is 11.8 Å². The van der Waals surface area contributed by atoms with Crippen molar-refractivity contribution in [3.05, 3.63) is 33.4 Å². The van der Waals surface area contributed by atoms with Crippen LogP contribution in [0.1, 0.15) is 122 Å². The van der Waals surface area contributed by atoms with Crippen LogP contribution in [0, 0.1) is 39.5 Å². The summed E-state index contributed by atoms with van der Waals surface area (Å²) in [6.07, 6.45) is 8.45. The molecule has 0 saturated carbocycles. The quantitative estimate of drug-likeness (QED) is 0.217. The lowest BCUT2D eigenvalue weighted by Gasteiger charge is -2.19. The summed E-state index contributed by atoms with van der Waals surface area (Å²) in [5.74, 6) is 0.563. The minimum absolute atomic E-state index is 0.373. The Balaban J connectivity index is 2.83. The number of benzene rings is 1. The van der Waals surface area contributed by atoms with E-state index in [2.05, 4.69) is 27.7 Å². The lowest BCUT2D eigenvalue weighted by molar-refractivity contribution is 0.0448. The number of unbranched alkanes of at least 4 members (excludes halogenated alkanes) is 4. The van der Waals surface area contributed by atoms with Gasteiger partial charge in [0.25, 0.3) is 0 Å². The van der Waals surface area contributed by atoms with Crippen molar-refractivity contribution < 1.29 is 19.1 Å². The number of hydrogen-bond donors (Lipinski definition) is 0. The predicted molar refractivity (Wildman–Crippen MR) is 133 cm³/mol. The van der Waals surface area contributed by atoms with Crippen LogP contribution in [0.4, 0.5) is 0 Å². The number of carbonyl (C=O) groups excluding carboxylic acids is 2. The third-order valence-electron chi connectivity index (χ3n) is 6.41. The van der Waals surface area contributed by atoms with Crippen LogP contribution < -0.4 is 0 Å². The van der Waals surface area contributed by atoms with Gasteiger partial charge >= 0.3 is 11.9 Å². The van der Waals surface area contributed by atoms with Gasteiger partial charge < -0.3 is 9.47 Å². The topological polar surface area (TPSA) is 52.6 Å². The Kier molecular flexibility index (Phi) is 12.6. The van der Waals surface area contributed by atoms with Crippen LogP contribution in [0.25, 0.3) is 0 Å². The molecule has 0 amide bonds. The van der Waals surface area contributed by atoms with E-state index in [0.29, 0.717) is 36.2 Å². The van der Waals surface area contributed by atoms with E-state index in [0.717, 1.165) is 60.8 Å². The molecule has 0 N–H and O–H groups in total. The normalized spacial score (nSPS) is 11.3. The highest BCUT2D eigenvalue weighted by Gasteiger charge is 2.27. The number of carbonyl (C=O) groups is 2. The Labute approximate surface area is 196 Å². The van der Waals surface area contributed by atoms with Gasteiger partial charge in [-0.15, -0.1) is 0 Å². The molecule has 0 aromatic heterocycles. The Hall–Kier alpha value is -1.84. The maximum Gasteiger partial charge on any atom is 0.339 e. The first kappa shape index (κ1) is 28.2. The molecule has 0 saturated heterocycles. The summed E-state index contributed by atoms with van der Waals surface area (Å²) in [6, 6.07) is 0. The molecule has 0 bridgehead atoms. The SMILES string of the molecule is Cc1c(C)c(C)c(C(=O)OCCCCCC(C)C)c(C(=O)OCCCCCC(C)C)c1C. The van der Waals surface area contributed by atoms with Crippen LogP contribution in [-0.4, -0.2) is 25.2 Å². The Morgan fingerprint density at radius 2 is 0.906 bits per heavy atom. The van der Waals surface area contributed by atoms with E-state index in [1.54, 1.807) is 0 Å². The maximum atomic E-state index is 13.0. The van der Waals surface area contributed by atoms with Gasteiger partial charge in [-0.1, -0.05) is 66.2 Å². The molecule has 0 unspecified atom stereocenters. The highest BCUT2D eigenvalue weighted by molar-refractivity contribution is 6.05. The average Bonchev–Trinajstić information content (AvgIpc) is 2.73. The van der Waals surface area contributed by atoms with Crippen molar-refractivity contribution in [1.29, 1.82) is 0 Å². The fourth-order valence-corrected chi connectivity index (χ4v) is 3.96. The van der Waals surface area contributed by atoms with Crippen LogP contribution in [-0.2, 0) is 9.47 Å². The van der Waals surface area contributed by atoms with Crippen molar-refractivity contribution in [3.63, 3.8) is 0 Å². The fourth-order valence-electron chi connectivity index (χ4n) is 3.96. The first-order valence-electron chi connectivity index (χ1n) is 12.5. The molecule has 1 aromatic rings. The number of hydrogen-bond acceptors (Lipinski definition) is 4. The molecule has 0 spiro atoms. The third kappa shape index (κ3) is 8.96. The van der Waals surface area contributed by atoms with Crippen molar-refractivity contribution in [3.8, 4) is 0 Å². The zero-order valence-electron chi connectivity index (χ0n) is 21.9. The van der Waals surface area contributed by atoms with Crippen molar-refractivity contribution in [2.45, 2.75) is 107 Å². The Morgan fingerprint density at radius 3 is 1.22 bits per heavy atom. The molecule has 4 nitrogen and oxygen atoms in total. The van der Waals surface area contributed by atoms with Crippen LogP contribution in [0.3, 0.4) is 0 Å². The van der Waals surface area contributed by atoms with Crippen molar-refractivity contribution >= 4 is 11.9 Å². The molecule has 0 aliphatic rings. The summed E-state index contributed by atoms with van der Waals surface area (Å²) in [4.78, 5) is 26.0. The second-order valence-electron chi connectivity index (χ2n) is 10.0. The molecule has 1 rings (SSSR count). The molecule has 0 aliphatic carbocycles. The highest BCUT2D eigenvalue weighted by Crippen LogP contribution is 2.28. The molecular formula is C28H46O4. The van der Waals surface area contributed by atoms with E-state index in [-0.39, 0.29) is 0 Å². The molecule has 1 aromatic carbocycles. The van der Waals surface area contributed by atoms with E-state index in [4.69, 9.17) is 9.47 Å². The van der Waals surface area contributed by atoms with E-state index < -0.39 is 11.9 Å². The van der Waals surface area contributed by atoms with Gasteiger partial charge in [0, 0.05) is 0 Å². The van der Waals surface area contributed by atoms with Gasteiger partial charge in [-0.25, -0.2) is 9.59 Å². The third-order valence-corrected chi connectivity index (χ3v) is 6.41. The van der Waals surface area contributed by atoms with Crippen molar-refractivity contribution in [1.82, 2.24) is 0 Å². The van der Waals surface area contributed by atoms with Gasteiger partial charge in [-0.2, -0.15) is 0 Å². The summed E-state index contributed by atoms with van der Waals surface area (Å²) >= 11 is 0. The molecule has 4 heteroatoms. The van der Waals surface area contributed by atoms with Gasteiger partial charge in [0.1, 0.15) is 0 Å². The number of ether oxygens (including phenoxy) is 2. The highest BCUT2D eigenvalue weighted by atomic mass is 16.5. The summed E-state index contributed by atoms with van der Waals surface area (Å²) in [7, 11) is 0. The molecule has 32 heavy (non-hydrogen) atoms. The summed E-state index contributed by atoms with van der Waals surface area (Å²) in [5.41, 5.74) is 4.41. The van der Waals surface area contributed by atoms with Crippen LogP contribution in [0.2, 0.25) is 0 Å². The fraction of sp³-hybridized carbons (Fsp3) is 0.714. The van der Waals surface area contributed by atoms with Crippen molar-refractivity contribution in [2.75, 3.05) is 13.2 Å². The average molecular weight is 447 g/mol. The molecule has 182 valence electrons. The van der Waals surface area contributed by atoms with E-state index in [9.17, 15) is 9.59 Å². The maximum absolute atomic E-state index is 13.0. The molecule has 0 fully saturated rings. The first-order chi connectivity index (χ1) is 15.1. The first-order valence-corrected chi connectivity index (χ1v) is 12.5. The summed E-state index contributed by atoms with van der Waals surface area (Å²) in [5, 5.41) is 0. The van der Waals surface area contributed by atoms with Crippen LogP contribution in [0.15, 0.2) is 0 Å². The largest absolute Gasteiger partial charge is 0.462 e. The minimum Gasteiger partial charge on any atom is -0.462 e. The van der Waals surface area contributed by atoms with Crippen LogP contribution >= 0.6 is 0 Å². The molecule has 0 atom stereocenters. The molecular weight excluding hydrogens is 400 g/mol. The van der Waals surface area contributed by atoms with E-state index >= 15 is 0 Å². The molecule has 0 aliphatic heterocycles. The standard InChI is InChI=1S/C28H46O4/c1-19(2)15-11-9-13-17-31-27(29)25-23(7)21(5)22(6)24(8)26(25)28(30)32-18-14-10-12-16-20(3)4/h19-20H,9-18H2,1-8H3. The lowest BCUT2D eigenvalue weighted by Crippen LogP contribution is -2.20. The minimum atomic E-state index is -0.415. The van der Waals surface area contributed by atoms with Gasteiger partial charge in [0.2, 0.25) is 0 Å². The number of esters is 2. The predicted octanol–water partition coefficient (Wildman–Crippen LogP) is 7.67. The smallest absolute Gasteiger partial charge is 0.339 e. The Morgan fingerprint density at radius 1 is 0.562 bits per heavy atom. The lowest BCUT2D eigenvalue weighted by atomic mass is 9.89. The monoisotopic (exact) mass is 446 g/mol. The molecule has 0 radical (unpaired) electrons. The Bertz CT molecular complexity index is 684. The van der Waals surface area contributed by atoms with Gasteiger partial charge in [-0.05, 0) is 74.6 Å². The van der Waals surface area contributed by atoms with E-state index in [1.807, 2.05) is 27.7 Å². The van der Waals surface area contributed by atoms with Gasteiger partial charge in [-0.3, -0.25) is 0 Å². The summed E-state index contributed by atoms with van der Waals surface area (Å²) in [6.45, 7) is 17.4. The summed E-state index contributed by atoms with van der Waals surface area (Å²) < 4.78 is 11.2.